The number of nitrogens with zero attached hydrogens (tertiary/aromatic N) is 4. The fourth-order valence-corrected chi connectivity index (χ4v) is 8.56. The van der Waals surface area contributed by atoms with Crippen LogP contribution in [0.15, 0.2) is 59.6 Å². The van der Waals surface area contributed by atoms with Crippen molar-refractivity contribution < 1.29 is 22.7 Å². The van der Waals surface area contributed by atoms with Crippen molar-refractivity contribution in [2.24, 2.45) is 5.92 Å². The molecule has 2 aromatic carbocycles. The van der Waals surface area contributed by atoms with Crippen molar-refractivity contribution in [2.75, 3.05) is 39.4 Å². The van der Waals surface area contributed by atoms with Gasteiger partial charge in [0.05, 0.1) is 29.7 Å². The predicted molar refractivity (Wildman–Crippen MR) is 178 cm³/mol. The molecule has 2 aliphatic heterocycles. The Balaban J connectivity index is 1.18. The fraction of sp³-hybridized carbons (Fsp3) is 0.514. The van der Waals surface area contributed by atoms with Crippen LogP contribution in [0.25, 0.3) is 10.9 Å². The molecule has 12 heteroatoms. The highest BCUT2D eigenvalue weighted by atomic mass is 32.2. The largest absolute Gasteiger partial charge is 0.378 e. The van der Waals surface area contributed by atoms with Gasteiger partial charge in [-0.25, -0.2) is 17.2 Å². The van der Waals surface area contributed by atoms with Crippen LogP contribution >= 0.6 is 0 Å². The van der Waals surface area contributed by atoms with E-state index in [1.54, 1.807) is 41.4 Å². The van der Waals surface area contributed by atoms with Crippen molar-refractivity contribution in [2.45, 2.75) is 74.9 Å². The molecule has 1 aromatic heterocycles. The van der Waals surface area contributed by atoms with Crippen molar-refractivity contribution in [3.05, 3.63) is 65.9 Å². The lowest BCUT2D eigenvalue weighted by atomic mass is 9.84. The van der Waals surface area contributed by atoms with E-state index in [1.165, 1.54) is 10.4 Å². The van der Waals surface area contributed by atoms with Crippen molar-refractivity contribution >= 4 is 32.9 Å². The van der Waals surface area contributed by atoms with E-state index in [0.29, 0.717) is 63.7 Å². The molecule has 2 saturated heterocycles. The van der Waals surface area contributed by atoms with E-state index in [9.17, 15) is 23.3 Å². The molecule has 11 nitrogen and oxygen atoms in total. The summed E-state index contributed by atoms with van der Waals surface area (Å²) in [5.41, 5.74) is 1.26. The van der Waals surface area contributed by atoms with Crippen LogP contribution < -0.4 is 10.6 Å². The van der Waals surface area contributed by atoms with Gasteiger partial charge in [-0.3, -0.25) is 9.69 Å². The number of aromatic nitrogens is 1. The molecule has 0 bridgehead atoms. The Kier molecular flexibility index (Phi) is 9.87. The average molecular weight is 661 g/mol. The topological polar surface area (TPSA) is 137 Å². The first-order valence-electron chi connectivity index (χ1n) is 16.7. The zero-order chi connectivity index (χ0) is 33.0. The number of rotatable bonds is 9. The number of hydrogen-bond acceptors (Lipinski definition) is 7. The molecule has 2 N–H and O–H groups in total. The van der Waals surface area contributed by atoms with Gasteiger partial charge >= 0.3 is 6.03 Å². The zero-order valence-electron chi connectivity index (χ0n) is 27.0. The van der Waals surface area contributed by atoms with Gasteiger partial charge in [-0.2, -0.15) is 5.26 Å². The van der Waals surface area contributed by atoms with Crippen LogP contribution in [0.4, 0.5) is 4.79 Å². The molecule has 3 amide bonds. The first kappa shape index (κ1) is 33.0. The van der Waals surface area contributed by atoms with Crippen LogP contribution in [0.2, 0.25) is 0 Å². The van der Waals surface area contributed by atoms with Crippen molar-refractivity contribution in [1.82, 2.24) is 24.4 Å². The summed E-state index contributed by atoms with van der Waals surface area (Å²) in [5.74, 6) is 0.0116. The molecule has 3 aromatic rings. The Morgan fingerprint density at radius 2 is 1.77 bits per heavy atom. The number of likely N-dealkylation sites (tertiary alicyclic amines) is 1. The lowest BCUT2D eigenvalue weighted by Gasteiger charge is -2.32. The number of morpholine rings is 1. The number of carbonyl (C=O) groups excluding carboxylic acids is 2. The first-order valence-corrected chi connectivity index (χ1v) is 18.1. The number of amides is 3. The van der Waals surface area contributed by atoms with Gasteiger partial charge in [0.25, 0.3) is 10.0 Å². The number of nitriles is 1. The summed E-state index contributed by atoms with van der Waals surface area (Å²) < 4.78 is 34.1. The number of urea groups is 1. The minimum Gasteiger partial charge on any atom is -0.378 e. The molecule has 1 aliphatic carbocycles. The molecule has 3 fully saturated rings. The maximum absolute atomic E-state index is 13.9. The molecular weight excluding hydrogens is 616 g/mol. The number of hydrogen-bond donors (Lipinski definition) is 2. The van der Waals surface area contributed by atoms with Gasteiger partial charge in [0, 0.05) is 44.3 Å². The number of ether oxygens (including phenoxy) is 1. The summed E-state index contributed by atoms with van der Waals surface area (Å²) in [6, 6.07) is 15.6. The van der Waals surface area contributed by atoms with E-state index in [4.69, 9.17) is 4.74 Å². The molecular formula is C35H44N6O5S. The maximum atomic E-state index is 13.9. The summed E-state index contributed by atoms with van der Waals surface area (Å²) in [5, 5.41) is 17.2. The predicted octanol–water partition coefficient (Wildman–Crippen LogP) is 4.15. The Hall–Kier alpha value is -3.92. The van der Waals surface area contributed by atoms with Crippen molar-refractivity contribution in [3.63, 3.8) is 0 Å². The van der Waals surface area contributed by atoms with Crippen molar-refractivity contribution in [3.8, 4) is 6.07 Å². The van der Waals surface area contributed by atoms with E-state index in [1.807, 2.05) is 25.1 Å². The van der Waals surface area contributed by atoms with E-state index in [0.717, 1.165) is 42.2 Å². The molecule has 0 radical (unpaired) electrons. The first-order chi connectivity index (χ1) is 22.7. The molecule has 250 valence electrons. The molecule has 3 aliphatic rings. The summed E-state index contributed by atoms with van der Waals surface area (Å²) in [6.45, 7) is 5.05. The number of benzene rings is 2. The summed E-state index contributed by atoms with van der Waals surface area (Å²) in [7, 11) is -3.83. The second kappa shape index (κ2) is 14.1. The summed E-state index contributed by atoms with van der Waals surface area (Å²) >= 11 is 0. The average Bonchev–Trinajstić information content (AvgIpc) is 3.67. The molecule has 1 saturated carbocycles. The standard InChI is InChI=1S/C35H44N6O5S/c1-26-11-13-29(14-12-26)47(44,45)41-23-28(30-9-5-6-10-32(30)41)22-39-16-15-35(24-36,25-39)38-33(42)31(21-27-7-3-2-4-8-27)37-34(43)40-17-19-46-20-18-40/h5-6,9-14,23,27,31H,2-4,7-8,15-22,25H2,1H3,(H,37,43)(H,38,42). The second-order valence-electron chi connectivity index (χ2n) is 13.3. The van der Waals surface area contributed by atoms with Crippen molar-refractivity contribution in [1.29, 1.82) is 5.26 Å². The van der Waals surface area contributed by atoms with Gasteiger partial charge in [0.2, 0.25) is 5.91 Å². The highest BCUT2D eigenvalue weighted by Crippen LogP contribution is 2.31. The molecule has 2 atom stereocenters. The quantitative estimate of drug-likeness (QED) is 0.352. The number of nitrogens with one attached hydrogen (secondary N) is 2. The van der Waals surface area contributed by atoms with Gasteiger partial charge in [-0.15, -0.1) is 0 Å². The van der Waals surface area contributed by atoms with E-state index < -0.39 is 21.6 Å². The van der Waals surface area contributed by atoms with Crippen LogP contribution in [0.1, 0.15) is 56.1 Å². The van der Waals surface area contributed by atoms with Gasteiger partial charge in [-0.05, 0) is 49.4 Å². The van der Waals surface area contributed by atoms with Crippen LogP contribution in [-0.4, -0.2) is 85.1 Å². The molecule has 2 unspecified atom stereocenters. The minimum absolute atomic E-state index is 0.214. The number of para-hydroxylation sites is 1. The Morgan fingerprint density at radius 3 is 2.49 bits per heavy atom. The number of fused-ring (bicyclic) bond motifs is 1. The van der Waals surface area contributed by atoms with Crippen LogP contribution in [0.5, 0.6) is 0 Å². The molecule has 6 rings (SSSR count). The maximum Gasteiger partial charge on any atom is 0.318 e. The normalized spacial score (nSPS) is 21.7. The summed E-state index contributed by atoms with van der Waals surface area (Å²) in [4.78, 5) is 31.0. The third-order valence-corrected chi connectivity index (χ3v) is 11.6. The van der Waals surface area contributed by atoms with Crippen LogP contribution in [0.3, 0.4) is 0 Å². The zero-order valence-corrected chi connectivity index (χ0v) is 27.8. The molecule has 47 heavy (non-hydrogen) atoms. The Labute approximate surface area is 276 Å². The molecule has 0 spiro atoms. The van der Waals surface area contributed by atoms with Crippen LogP contribution in [0, 0.1) is 24.2 Å². The third kappa shape index (κ3) is 7.32. The van der Waals surface area contributed by atoms with Gasteiger partial charge < -0.3 is 20.3 Å². The Bertz CT molecular complexity index is 1740. The summed E-state index contributed by atoms with van der Waals surface area (Å²) in [6.07, 6.45) is 8.13. The monoisotopic (exact) mass is 660 g/mol. The lowest BCUT2D eigenvalue weighted by molar-refractivity contribution is -0.124. The number of aryl methyl sites for hydroxylation is 1. The van der Waals surface area contributed by atoms with E-state index in [-0.39, 0.29) is 23.4 Å². The fourth-order valence-electron chi connectivity index (χ4n) is 7.17. The second-order valence-corrected chi connectivity index (χ2v) is 15.1. The highest BCUT2D eigenvalue weighted by molar-refractivity contribution is 7.90. The highest BCUT2D eigenvalue weighted by Gasteiger charge is 2.42. The minimum atomic E-state index is -3.83. The number of carbonyl (C=O) groups is 2. The van der Waals surface area contributed by atoms with E-state index in [2.05, 4.69) is 21.6 Å². The lowest BCUT2D eigenvalue weighted by Crippen LogP contribution is -2.58. The van der Waals surface area contributed by atoms with Gasteiger partial charge in [0.15, 0.2) is 0 Å². The third-order valence-electron chi connectivity index (χ3n) is 9.86. The smallest absolute Gasteiger partial charge is 0.318 e. The molecule has 3 heterocycles. The SMILES string of the molecule is Cc1ccc(S(=O)(=O)n2cc(CN3CCC(C#N)(NC(=O)C(CC4CCCCC4)NC(=O)N4CCOCC4)C3)c3ccccc32)cc1. The van der Waals surface area contributed by atoms with Crippen LogP contribution in [-0.2, 0) is 26.1 Å². The Morgan fingerprint density at radius 1 is 1.04 bits per heavy atom. The van der Waals surface area contributed by atoms with Gasteiger partial charge in [0.1, 0.15) is 11.6 Å². The van der Waals surface area contributed by atoms with E-state index >= 15 is 0 Å². The van der Waals surface area contributed by atoms with Gasteiger partial charge in [-0.1, -0.05) is 68.0 Å².